The Bertz CT molecular complexity index is 1590. The number of benzene rings is 4. The highest BCUT2D eigenvalue weighted by molar-refractivity contribution is 14.1. The van der Waals surface area contributed by atoms with Gasteiger partial charge in [0.1, 0.15) is 0 Å². The van der Waals surface area contributed by atoms with Gasteiger partial charge in [-0.1, -0.05) is 132 Å². The Hall–Kier alpha value is -2.69. The number of fused-ring (bicyclic) bond motifs is 6. The topological polar surface area (TPSA) is 0 Å². The van der Waals surface area contributed by atoms with Gasteiger partial charge in [-0.25, -0.2) is 0 Å². The number of rotatable bonds is 2. The zero-order chi connectivity index (χ0) is 22.0. The maximum absolute atomic E-state index is 2.72. The molecule has 0 aliphatic heterocycles. The smallest absolute Gasteiger partial charge is 0.0793 e. The van der Waals surface area contributed by atoms with Crippen LogP contribution in [-0.2, 0) is 3.42 Å². The van der Waals surface area contributed by atoms with Crippen LogP contribution in [0.1, 0.15) is 22.6 Å². The summed E-state index contributed by atoms with van der Waals surface area (Å²) < 4.78 is 2.68. The standard InChI is InChI=1S/C31H21IS/c32-31(27-13-4-1-8-23(27)24-9-2-5-14-28(24)31)21-18-16-20(17-19-21)22-11-7-12-26-25-10-3-6-15-29(25)33-30(22)26/h1-19,23,27H. The average molecular weight is 552 g/mol. The molecule has 4 aromatic carbocycles. The van der Waals surface area contributed by atoms with E-state index in [1.807, 2.05) is 11.3 Å². The molecule has 0 nitrogen and oxygen atoms in total. The fourth-order valence-corrected chi connectivity index (χ4v) is 8.48. The Kier molecular flexibility index (Phi) is 4.43. The molecule has 158 valence electrons. The van der Waals surface area contributed by atoms with Crippen LogP contribution in [0.4, 0.5) is 0 Å². The summed E-state index contributed by atoms with van der Waals surface area (Å²) in [6.07, 6.45) is 9.20. The Balaban J connectivity index is 1.36. The summed E-state index contributed by atoms with van der Waals surface area (Å²) in [5.41, 5.74) is 6.92. The highest BCUT2D eigenvalue weighted by Gasteiger charge is 2.49. The summed E-state index contributed by atoms with van der Waals surface area (Å²) in [6, 6.07) is 33.8. The minimum atomic E-state index is -0.0531. The first-order valence-corrected chi connectivity index (χ1v) is 13.3. The van der Waals surface area contributed by atoms with Crippen LogP contribution >= 0.6 is 33.9 Å². The first-order chi connectivity index (χ1) is 16.2. The third-order valence-electron chi connectivity index (χ3n) is 7.33. The van der Waals surface area contributed by atoms with Gasteiger partial charge in [0.2, 0.25) is 0 Å². The van der Waals surface area contributed by atoms with Crippen molar-refractivity contribution in [1.29, 1.82) is 0 Å². The average Bonchev–Trinajstić information content (AvgIpc) is 3.39. The lowest BCUT2D eigenvalue weighted by Crippen LogP contribution is -2.26. The van der Waals surface area contributed by atoms with Crippen molar-refractivity contribution in [2.75, 3.05) is 0 Å². The van der Waals surface area contributed by atoms with Crippen molar-refractivity contribution in [3.63, 3.8) is 0 Å². The van der Waals surface area contributed by atoms with Crippen LogP contribution in [0.3, 0.4) is 0 Å². The van der Waals surface area contributed by atoms with Crippen LogP contribution in [0.25, 0.3) is 31.3 Å². The number of alkyl halides is 1. The van der Waals surface area contributed by atoms with E-state index < -0.39 is 0 Å². The van der Waals surface area contributed by atoms with Crippen LogP contribution in [0.5, 0.6) is 0 Å². The second kappa shape index (κ2) is 7.41. The molecule has 0 N–H and O–H groups in total. The first kappa shape index (κ1) is 19.7. The third kappa shape index (κ3) is 2.80. The van der Waals surface area contributed by atoms with Crippen LogP contribution in [-0.4, -0.2) is 0 Å². The fraction of sp³-hybridized carbons (Fsp3) is 0.0968. The maximum atomic E-state index is 2.72. The summed E-state index contributed by atoms with van der Waals surface area (Å²) in [5, 5.41) is 2.71. The van der Waals surface area contributed by atoms with Crippen molar-refractivity contribution < 1.29 is 0 Å². The van der Waals surface area contributed by atoms with Gasteiger partial charge in [-0.05, 0) is 33.9 Å². The first-order valence-electron chi connectivity index (χ1n) is 11.4. The quantitative estimate of drug-likeness (QED) is 0.151. The molecule has 2 heteroatoms. The largest absolute Gasteiger partial charge is 0.135 e. The Morgan fingerprint density at radius 2 is 1.45 bits per heavy atom. The maximum Gasteiger partial charge on any atom is 0.0793 e. The summed E-state index contributed by atoms with van der Waals surface area (Å²) >= 11 is 4.62. The number of allylic oxidation sites excluding steroid dienone is 4. The third-order valence-corrected chi connectivity index (χ3v) is 10.5. The fourth-order valence-electron chi connectivity index (χ4n) is 5.80. The second-order valence-corrected chi connectivity index (χ2v) is 11.7. The molecule has 7 rings (SSSR count). The van der Waals surface area contributed by atoms with Crippen LogP contribution in [0.2, 0.25) is 0 Å². The summed E-state index contributed by atoms with van der Waals surface area (Å²) in [6.45, 7) is 0. The van der Waals surface area contributed by atoms with Gasteiger partial charge in [-0.3, -0.25) is 0 Å². The molecule has 2 aliphatic rings. The van der Waals surface area contributed by atoms with Gasteiger partial charge in [0.25, 0.3) is 0 Å². The molecular formula is C31H21IS. The minimum absolute atomic E-state index is 0.0531. The summed E-state index contributed by atoms with van der Waals surface area (Å²) in [7, 11) is 0. The van der Waals surface area contributed by atoms with E-state index in [2.05, 4.69) is 138 Å². The van der Waals surface area contributed by atoms with E-state index in [9.17, 15) is 0 Å². The van der Waals surface area contributed by atoms with E-state index in [0.717, 1.165) is 0 Å². The van der Waals surface area contributed by atoms with Gasteiger partial charge in [0.05, 0.1) is 3.42 Å². The van der Waals surface area contributed by atoms with E-state index in [1.165, 1.54) is 48.0 Å². The summed E-state index contributed by atoms with van der Waals surface area (Å²) in [4.78, 5) is 0. The summed E-state index contributed by atoms with van der Waals surface area (Å²) in [5.74, 6) is 0.896. The monoisotopic (exact) mass is 552 g/mol. The van der Waals surface area contributed by atoms with Gasteiger partial charge < -0.3 is 0 Å². The lowest BCUT2D eigenvalue weighted by atomic mass is 9.80. The predicted octanol–water partition coefficient (Wildman–Crippen LogP) is 9.24. The Morgan fingerprint density at radius 3 is 2.36 bits per heavy atom. The van der Waals surface area contributed by atoms with E-state index in [4.69, 9.17) is 0 Å². The van der Waals surface area contributed by atoms with Crippen LogP contribution in [0.15, 0.2) is 115 Å². The minimum Gasteiger partial charge on any atom is -0.135 e. The van der Waals surface area contributed by atoms with E-state index in [1.54, 1.807) is 0 Å². The van der Waals surface area contributed by atoms with Crippen molar-refractivity contribution >= 4 is 54.1 Å². The molecule has 1 heterocycles. The molecule has 0 fully saturated rings. The highest BCUT2D eigenvalue weighted by atomic mass is 127. The molecule has 0 radical (unpaired) electrons. The zero-order valence-electron chi connectivity index (χ0n) is 17.9. The van der Waals surface area contributed by atoms with Crippen molar-refractivity contribution in [2.24, 2.45) is 5.92 Å². The van der Waals surface area contributed by atoms with E-state index in [0.29, 0.717) is 11.8 Å². The molecule has 0 saturated carbocycles. The highest BCUT2D eigenvalue weighted by Crippen LogP contribution is 2.60. The molecule has 0 spiro atoms. The SMILES string of the molecule is IC1(c2ccc(-c3cccc4c3sc3ccccc34)cc2)c2ccccc2C2C=CC=CC21. The molecule has 1 aromatic heterocycles. The molecule has 2 aliphatic carbocycles. The number of thiophene rings is 1. The van der Waals surface area contributed by atoms with Gasteiger partial charge in [-0.2, -0.15) is 0 Å². The van der Waals surface area contributed by atoms with Crippen molar-refractivity contribution in [3.8, 4) is 11.1 Å². The van der Waals surface area contributed by atoms with Gasteiger partial charge in [-0.15, -0.1) is 11.3 Å². The van der Waals surface area contributed by atoms with Crippen molar-refractivity contribution in [3.05, 3.63) is 132 Å². The lowest BCUT2D eigenvalue weighted by molar-refractivity contribution is 0.548. The van der Waals surface area contributed by atoms with Crippen molar-refractivity contribution in [2.45, 2.75) is 9.34 Å². The molecule has 0 saturated heterocycles. The van der Waals surface area contributed by atoms with Gasteiger partial charge in [0.15, 0.2) is 0 Å². The van der Waals surface area contributed by atoms with E-state index >= 15 is 0 Å². The molecule has 3 atom stereocenters. The second-order valence-electron chi connectivity index (χ2n) is 8.98. The number of hydrogen-bond donors (Lipinski definition) is 0. The Labute approximate surface area is 211 Å². The van der Waals surface area contributed by atoms with Crippen molar-refractivity contribution in [1.82, 2.24) is 0 Å². The van der Waals surface area contributed by atoms with E-state index in [-0.39, 0.29) is 3.42 Å². The molecule has 5 aromatic rings. The normalized spacial score (nSPS) is 23.2. The molecular weight excluding hydrogens is 531 g/mol. The number of hydrogen-bond acceptors (Lipinski definition) is 1. The molecule has 0 amide bonds. The molecule has 33 heavy (non-hydrogen) atoms. The van der Waals surface area contributed by atoms with Crippen LogP contribution < -0.4 is 0 Å². The zero-order valence-corrected chi connectivity index (χ0v) is 20.9. The van der Waals surface area contributed by atoms with Gasteiger partial charge >= 0.3 is 0 Å². The lowest BCUT2D eigenvalue weighted by Gasteiger charge is -2.32. The Morgan fingerprint density at radius 1 is 0.697 bits per heavy atom. The number of halogens is 1. The molecule has 0 bridgehead atoms. The predicted molar refractivity (Wildman–Crippen MR) is 151 cm³/mol. The van der Waals surface area contributed by atoms with Crippen LogP contribution in [0, 0.1) is 5.92 Å². The van der Waals surface area contributed by atoms with Gasteiger partial charge in [0, 0.05) is 32.0 Å². The molecule has 3 unspecified atom stereocenters.